The van der Waals surface area contributed by atoms with Gasteiger partial charge in [-0.2, -0.15) is 12.6 Å². The van der Waals surface area contributed by atoms with E-state index in [-0.39, 0.29) is 4.75 Å². The molecule has 0 aromatic rings. The number of rotatable bonds is 0. The molecule has 0 unspecified atom stereocenters. The predicted octanol–water partition coefficient (Wildman–Crippen LogP) is 3.05. The van der Waals surface area contributed by atoms with E-state index in [1.807, 2.05) is 0 Å². The highest BCUT2D eigenvalue weighted by molar-refractivity contribution is 7.82. The van der Waals surface area contributed by atoms with Crippen molar-refractivity contribution in [1.82, 2.24) is 0 Å². The van der Waals surface area contributed by atoms with E-state index in [0.717, 1.165) is 5.92 Å². The molecule has 2 rings (SSSR count). The molecule has 2 fully saturated rings. The fourth-order valence-electron chi connectivity index (χ4n) is 2.86. The van der Waals surface area contributed by atoms with Crippen LogP contribution in [0, 0.1) is 11.3 Å². The first kappa shape index (κ1) is 7.72. The van der Waals surface area contributed by atoms with Gasteiger partial charge in [0, 0.05) is 4.75 Å². The zero-order valence-corrected chi connectivity index (χ0v) is 8.25. The van der Waals surface area contributed by atoms with E-state index < -0.39 is 0 Å². The Morgan fingerprint density at radius 1 is 1.55 bits per heavy atom. The Labute approximate surface area is 74.5 Å². The summed E-state index contributed by atoms with van der Waals surface area (Å²) < 4.78 is 0.164. The highest BCUT2D eigenvalue weighted by Gasteiger charge is 2.58. The van der Waals surface area contributed by atoms with Gasteiger partial charge in [-0.25, -0.2) is 0 Å². The Hall–Kier alpha value is 0.0900. The smallest absolute Gasteiger partial charge is 0.0389 e. The molecule has 0 radical (unpaired) electrons. The molecule has 0 spiro atoms. The van der Waals surface area contributed by atoms with Gasteiger partial charge in [0.2, 0.25) is 0 Å². The second-order valence-corrected chi connectivity index (χ2v) is 5.39. The minimum absolute atomic E-state index is 0.164. The summed E-state index contributed by atoms with van der Waals surface area (Å²) in [6.45, 7) is 8.81. The average Bonchev–Trinajstić information content (AvgIpc) is 2.20. The molecular weight excluding hydrogens is 152 g/mol. The van der Waals surface area contributed by atoms with Gasteiger partial charge in [0.15, 0.2) is 0 Å². The van der Waals surface area contributed by atoms with E-state index in [9.17, 15) is 0 Å². The molecule has 62 valence electrons. The van der Waals surface area contributed by atoms with Crippen molar-refractivity contribution in [2.75, 3.05) is 0 Å². The standard InChI is InChI=1S/C10H16S/c1-7-6-8-4-5-10(7,11)9(8,2)3/h8,11H,1,4-6H2,2-3H3/t8-,10-/m0/s1. The molecule has 0 heterocycles. The van der Waals surface area contributed by atoms with Gasteiger partial charge in [-0.05, 0) is 30.6 Å². The van der Waals surface area contributed by atoms with Gasteiger partial charge in [-0.1, -0.05) is 26.0 Å². The third kappa shape index (κ3) is 0.683. The molecule has 0 saturated heterocycles. The lowest BCUT2D eigenvalue weighted by Crippen LogP contribution is -2.32. The lowest BCUT2D eigenvalue weighted by atomic mass is 9.81. The second kappa shape index (κ2) is 1.87. The second-order valence-electron chi connectivity index (χ2n) is 4.63. The van der Waals surface area contributed by atoms with Crippen LogP contribution in [0.5, 0.6) is 0 Å². The van der Waals surface area contributed by atoms with E-state index in [2.05, 4.69) is 20.4 Å². The predicted molar refractivity (Wildman–Crippen MR) is 52.0 cm³/mol. The summed E-state index contributed by atoms with van der Waals surface area (Å²) in [6.07, 6.45) is 3.82. The van der Waals surface area contributed by atoms with Crippen LogP contribution in [0.15, 0.2) is 12.2 Å². The molecule has 2 saturated carbocycles. The van der Waals surface area contributed by atoms with Crippen LogP contribution >= 0.6 is 12.6 Å². The molecule has 0 N–H and O–H groups in total. The van der Waals surface area contributed by atoms with Crippen LogP contribution in [-0.2, 0) is 0 Å². The first-order valence-electron chi connectivity index (χ1n) is 4.39. The Morgan fingerprint density at radius 3 is 2.36 bits per heavy atom. The molecule has 0 aromatic heterocycles. The molecule has 0 nitrogen and oxygen atoms in total. The molecular formula is C10H16S. The first-order valence-corrected chi connectivity index (χ1v) is 4.84. The summed E-state index contributed by atoms with van der Waals surface area (Å²) in [5.41, 5.74) is 1.77. The van der Waals surface area contributed by atoms with Gasteiger partial charge in [0.25, 0.3) is 0 Å². The van der Waals surface area contributed by atoms with Gasteiger partial charge in [0.05, 0.1) is 0 Å². The normalized spacial score (nSPS) is 46.8. The highest BCUT2D eigenvalue weighted by atomic mass is 32.1. The van der Waals surface area contributed by atoms with Crippen LogP contribution in [0.25, 0.3) is 0 Å². The van der Waals surface area contributed by atoms with Gasteiger partial charge in [-0.15, -0.1) is 0 Å². The zero-order valence-electron chi connectivity index (χ0n) is 7.35. The Bertz CT molecular complexity index is 217. The van der Waals surface area contributed by atoms with Crippen LogP contribution in [-0.4, -0.2) is 4.75 Å². The lowest BCUT2D eigenvalue weighted by Gasteiger charge is -2.34. The van der Waals surface area contributed by atoms with E-state index in [1.54, 1.807) is 0 Å². The van der Waals surface area contributed by atoms with Crippen molar-refractivity contribution < 1.29 is 0 Å². The number of hydrogen-bond acceptors (Lipinski definition) is 1. The summed E-state index contributed by atoms with van der Waals surface area (Å²) >= 11 is 4.80. The van der Waals surface area contributed by atoms with Crippen LogP contribution in [0.3, 0.4) is 0 Å². The maximum atomic E-state index is 4.80. The molecule has 0 aliphatic heterocycles. The van der Waals surface area contributed by atoms with E-state index in [1.165, 1.54) is 24.8 Å². The third-order valence-corrected chi connectivity index (χ3v) is 5.14. The molecule has 11 heavy (non-hydrogen) atoms. The zero-order chi connectivity index (χ0) is 8.28. The van der Waals surface area contributed by atoms with Crippen molar-refractivity contribution in [2.24, 2.45) is 11.3 Å². The van der Waals surface area contributed by atoms with Crippen molar-refractivity contribution in [3.8, 4) is 0 Å². The van der Waals surface area contributed by atoms with Crippen molar-refractivity contribution in [1.29, 1.82) is 0 Å². The van der Waals surface area contributed by atoms with Crippen LogP contribution in [0.1, 0.15) is 33.1 Å². The topological polar surface area (TPSA) is 0 Å². The molecule has 0 amide bonds. The summed E-state index contributed by atoms with van der Waals surface area (Å²) in [6, 6.07) is 0. The van der Waals surface area contributed by atoms with Crippen LogP contribution in [0.2, 0.25) is 0 Å². The Balaban J connectivity index is 2.47. The number of thiol groups is 1. The Kier molecular flexibility index (Phi) is 1.32. The molecule has 0 aromatic carbocycles. The van der Waals surface area contributed by atoms with Crippen molar-refractivity contribution in [3.05, 3.63) is 12.2 Å². The quantitative estimate of drug-likeness (QED) is 0.417. The van der Waals surface area contributed by atoms with E-state index in [4.69, 9.17) is 12.6 Å². The SMILES string of the molecule is C=C1C[C@@H]2CC[C@@]1(S)C2(C)C. The van der Waals surface area contributed by atoms with Crippen LogP contribution in [0.4, 0.5) is 0 Å². The fourth-order valence-corrected chi connectivity index (χ4v) is 3.26. The minimum Gasteiger partial charge on any atom is -0.167 e. The van der Waals surface area contributed by atoms with E-state index >= 15 is 0 Å². The fraction of sp³-hybridized carbons (Fsp3) is 0.800. The van der Waals surface area contributed by atoms with Gasteiger partial charge < -0.3 is 0 Å². The van der Waals surface area contributed by atoms with Crippen LogP contribution < -0.4 is 0 Å². The molecule has 1 heteroatoms. The van der Waals surface area contributed by atoms with Crippen molar-refractivity contribution in [2.45, 2.75) is 37.9 Å². The van der Waals surface area contributed by atoms with Gasteiger partial charge in [0.1, 0.15) is 0 Å². The molecule has 2 aliphatic carbocycles. The van der Waals surface area contributed by atoms with Crippen molar-refractivity contribution >= 4 is 12.6 Å². The first-order chi connectivity index (χ1) is 4.98. The summed E-state index contributed by atoms with van der Waals surface area (Å²) in [4.78, 5) is 0. The average molecular weight is 168 g/mol. The molecule has 2 aliphatic rings. The van der Waals surface area contributed by atoms with Gasteiger partial charge in [-0.3, -0.25) is 0 Å². The van der Waals surface area contributed by atoms with Gasteiger partial charge >= 0.3 is 0 Å². The molecule has 2 atom stereocenters. The van der Waals surface area contributed by atoms with E-state index in [0.29, 0.717) is 5.41 Å². The monoisotopic (exact) mass is 168 g/mol. The summed E-state index contributed by atoms with van der Waals surface area (Å²) in [7, 11) is 0. The summed E-state index contributed by atoms with van der Waals surface area (Å²) in [5, 5.41) is 0. The maximum absolute atomic E-state index is 4.80. The largest absolute Gasteiger partial charge is 0.167 e. The summed E-state index contributed by atoms with van der Waals surface area (Å²) in [5.74, 6) is 0.854. The minimum atomic E-state index is 0.164. The maximum Gasteiger partial charge on any atom is 0.0389 e. The Morgan fingerprint density at radius 2 is 2.18 bits per heavy atom. The van der Waals surface area contributed by atoms with Crippen molar-refractivity contribution in [3.63, 3.8) is 0 Å². The lowest BCUT2D eigenvalue weighted by molar-refractivity contribution is 0.286. The number of fused-ring (bicyclic) bond motifs is 2. The highest BCUT2D eigenvalue weighted by Crippen LogP contribution is 2.65. The number of hydrogen-bond donors (Lipinski definition) is 1. The molecule has 2 bridgehead atoms. The third-order valence-electron chi connectivity index (χ3n) is 4.02.